The molecule has 27 heavy (non-hydrogen) atoms. The standard InChI is InChI=1S/C20H22N4O3/c1-11(2)17(24-18(25)14-7-5-4-6-12(14)3)19(26)21-13-8-9-15-16(10-13)23-20(27)22-15/h4-11,17H,1-3H3,(H,21,26)(H,24,25)(H2,22,23,27). The van der Waals surface area contributed by atoms with Crippen molar-refractivity contribution >= 4 is 28.5 Å². The van der Waals surface area contributed by atoms with Crippen LogP contribution in [0.25, 0.3) is 11.0 Å². The Morgan fingerprint density at radius 1 is 1.00 bits per heavy atom. The molecule has 0 aliphatic heterocycles. The summed E-state index contributed by atoms with van der Waals surface area (Å²) in [7, 11) is 0. The van der Waals surface area contributed by atoms with Gasteiger partial charge >= 0.3 is 5.69 Å². The van der Waals surface area contributed by atoms with Crippen molar-refractivity contribution in [1.82, 2.24) is 15.3 Å². The van der Waals surface area contributed by atoms with Gasteiger partial charge in [-0.15, -0.1) is 0 Å². The summed E-state index contributed by atoms with van der Waals surface area (Å²) in [6, 6.07) is 11.6. The monoisotopic (exact) mass is 366 g/mol. The van der Waals surface area contributed by atoms with Gasteiger partial charge in [0.2, 0.25) is 5.91 Å². The lowest BCUT2D eigenvalue weighted by atomic mass is 10.0. The first-order valence-corrected chi connectivity index (χ1v) is 8.74. The van der Waals surface area contributed by atoms with Crippen molar-refractivity contribution < 1.29 is 9.59 Å². The van der Waals surface area contributed by atoms with E-state index in [1.807, 2.05) is 32.9 Å². The SMILES string of the molecule is Cc1ccccc1C(=O)NC(C(=O)Nc1ccc2[nH]c(=O)[nH]c2c1)C(C)C. The number of amides is 2. The molecular weight excluding hydrogens is 344 g/mol. The van der Waals surface area contributed by atoms with Crippen molar-refractivity contribution in [2.24, 2.45) is 5.92 Å². The number of aryl methyl sites for hydroxylation is 1. The van der Waals surface area contributed by atoms with E-state index in [1.54, 1.807) is 30.3 Å². The summed E-state index contributed by atoms with van der Waals surface area (Å²) in [6.45, 7) is 5.59. The molecular formula is C20H22N4O3. The van der Waals surface area contributed by atoms with Crippen LogP contribution in [0.2, 0.25) is 0 Å². The van der Waals surface area contributed by atoms with E-state index in [-0.39, 0.29) is 23.4 Å². The molecule has 1 unspecified atom stereocenters. The number of benzene rings is 2. The summed E-state index contributed by atoms with van der Waals surface area (Å²) < 4.78 is 0. The van der Waals surface area contributed by atoms with Gasteiger partial charge in [-0.3, -0.25) is 9.59 Å². The average molecular weight is 366 g/mol. The zero-order chi connectivity index (χ0) is 19.6. The van der Waals surface area contributed by atoms with E-state index in [9.17, 15) is 14.4 Å². The normalized spacial score (nSPS) is 12.1. The summed E-state index contributed by atoms with van der Waals surface area (Å²) in [5.74, 6) is -0.703. The molecule has 0 fully saturated rings. The molecule has 1 heterocycles. The Labute approximate surface area is 156 Å². The topological polar surface area (TPSA) is 107 Å². The Balaban J connectivity index is 1.77. The van der Waals surface area contributed by atoms with Gasteiger partial charge in [0.05, 0.1) is 11.0 Å². The highest BCUT2D eigenvalue weighted by atomic mass is 16.2. The van der Waals surface area contributed by atoms with Crippen LogP contribution in [0.15, 0.2) is 47.3 Å². The molecule has 0 aliphatic carbocycles. The van der Waals surface area contributed by atoms with Gasteiger partial charge in [-0.2, -0.15) is 0 Å². The fourth-order valence-corrected chi connectivity index (χ4v) is 2.91. The second-order valence-corrected chi connectivity index (χ2v) is 6.84. The maximum atomic E-state index is 12.7. The predicted octanol–water partition coefficient (Wildman–Crippen LogP) is 2.56. The molecule has 7 heteroatoms. The van der Waals surface area contributed by atoms with E-state index in [0.29, 0.717) is 22.3 Å². The number of imidazole rings is 1. The van der Waals surface area contributed by atoms with Gasteiger partial charge in [-0.25, -0.2) is 4.79 Å². The van der Waals surface area contributed by atoms with Crippen LogP contribution in [0.1, 0.15) is 29.8 Å². The Morgan fingerprint density at radius 2 is 1.70 bits per heavy atom. The molecule has 0 bridgehead atoms. The van der Waals surface area contributed by atoms with Gasteiger partial charge in [0.15, 0.2) is 0 Å². The molecule has 7 nitrogen and oxygen atoms in total. The Kier molecular flexibility index (Phi) is 5.12. The highest BCUT2D eigenvalue weighted by Gasteiger charge is 2.25. The van der Waals surface area contributed by atoms with Crippen LogP contribution in [0.5, 0.6) is 0 Å². The second-order valence-electron chi connectivity index (χ2n) is 6.84. The molecule has 0 spiro atoms. The quantitative estimate of drug-likeness (QED) is 0.557. The number of fused-ring (bicyclic) bond motifs is 1. The van der Waals surface area contributed by atoms with Crippen molar-refractivity contribution in [3.05, 3.63) is 64.1 Å². The molecule has 1 atom stereocenters. The summed E-state index contributed by atoms with van der Waals surface area (Å²) >= 11 is 0. The highest BCUT2D eigenvalue weighted by Crippen LogP contribution is 2.16. The number of hydrogen-bond acceptors (Lipinski definition) is 3. The minimum atomic E-state index is -0.696. The maximum absolute atomic E-state index is 12.7. The van der Waals surface area contributed by atoms with Crippen LogP contribution in [-0.2, 0) is 4.79 Å². The van der Waals surface area contributed by atoms with Crippen LogP contribution < -0.4 is 16.3 Å². The van der Waals surface area contributed by atoms with Gasteiger partial charge in [0.25, 0.3) is 5.91 Å². The second kappa shape index (κ2) is 7.49. The molecule has 3 rings (SSSR count). The summed E-state index contributed by atoms with van der Waals surface area (Å²) in [5.41, 5.74) is 2.88. The molecule has 0 saturated heterocycles. The number of aromatic nitrogens is 2. The van der Waals surface area contributed by atoms with Crippen LogP contribution in [0.3, 0.4) is 0 Å². The number of H-pyrrole nitrogens is 2. The minimum absolute atomic E-state index is 0.103. The van der Waals surface area contributed by atoms with Gasteiger partial charge < -0.3 is 20.6 Å². The first kappa shape index (κ1) is 18.4. The average Bonchev–Trinajstić information content (AvgIpc) is 2.98. The van der Waals surface area contributed by atoms with E-state index in [0.717, 1.165) is 5.56 Å². The van der Waals surface area contributed by atoms with E-state index in [2.05, 4.69) is 20.6 Å². The number of aromatic amines is 2. The number of rotatable bonds is 5. The highest BCUT2D eigenvalue weighted by molar-refractivity contribution is 6.02. The van der Waals surface area contributed by atoms with Crippen molar-refractivity contribution in [2.45, 2.75) is 26.8 Å². The number of carbonyl (C=O) groups excluding carboxylic acids is 2. The van der Waals surface area contributed by atoms with Crippen LogP contribution in [-0.4, -0.2) is 27.8 Å². The zero-order valence-electron chi connectivity index (χ0n) is 15.4. The van der Waals surface area contributed by atoms with Crippen LogP contribution >= 0.6 is 0 Å². The molecule has 0 radical (unpaired) electrons. The molecule has 2 amide bonds. The van der Waals surface area contributed by atoms with Crippen LogP contribution in [0, 0.1) is 12.8 Å². The Bertz CT molecular complexity index is 1050. The van der Waals surface area contributed by atoms with Crippen molar-refractivity contribution in [2.75, 3.05) is 5.32 Å². The third-order valence-electron chi connectivity index (χ3n) is 4.41. The number of hydrogen-bond donors (Lipinski definition) is 4. The largest absolute Gasteiger partial charge is 0.340 e. The van der Waals surface area contributed by atoms with Gasteiger partial charge in [0, 0.05) is 11.3 Å². The first-order chi connectivity index (χ1) is 12.8. The lowest BCUT2D eigenvalue weighted by Crippen LogP contribution is -2.47. The molecule has 0 saturated carbocycles. The lowest BCUT2D eigenvalue weighted by Gasteiger charge is -2.22. The molecule has 140 valence electrons. The van der Waals surface area contributed by atoms with Gasteiger partial charge in [0.1, 0.15) is 6.04 Å². The maximum Gasteiger partial charge on any atom is 0.323 e. The lowest BCUT2D eigenvalue weighted by molar-refractivity contribution is -0.118. The van der Waals surface area contributed by atoms with Gasteiger partial charge in [-0.05, 0) is 42.7 Å². The zero-order valence-corrected chi connectivity index (χ0v) is 15.4. The molecule has 3 aromatic rings. The van der Waals surface area contributed by atoms with E-state index >= 15 is 0 Å². The van der Waals surface area contributed by atoms with E-state index in [1.165, 1.54) is 0 Å². The van der Waals surface area contributed by atoms with Crippen molar-refractivity contribution in [1.29, 1.82) is 0 Å². The predicted molar refractivity (Wildman–Crippen MR) is 105 cm³/mol. The summed E-state index contributed by atoms with van der Waals surface area (Å²) in [4.78, 5) is 42.0. The third-order valence-corrected chi connectivity index (χ3v) is 4.41. The Hall–Kier alpha value is -3.35. The van der Waals surface area contributed by atoms with E-state index in [4.69, 9.17) is 0 Å². The Morgan fingerprint density at radius 3 is 2.41 bits per heavy atom. The fraction of sp³-hybridized carbons (Fsp3) is 0.250. The minimum Gasteiger partial charge on any atom is -0.340 e. The van der Waals surface area contributed by atoms with Crippen LogP contribution in [0.4, 0.5) is 5.69 Å². The van der Waals surface area contributed by atoms with E-state index < -0.39 is 6.04 Å². The smallest absolute Gasteiger partial charge is 0.323 e. The van der Waals surface area contributed by atoms with Crippen molar-refractivity contribution in [3.8, 4) is 0 Å². The number of anilines is 1. The molecule has 1 aromatic heterocycles. The molecule has 0 aliphatic rings. The summed E-state index contributed by atoms with van der Waals surface area (Å²) in [5, 5.41) is 5.63. The first-order valence-electron chi connectivity index (χ1n) is 8.74. The molecule has 4 N–H and O–H groups in total. The number of carbonyl (C=O) groups is 2. The summed E-state index contributed by atoms with van der Waals surface area (Å²) in [6.07, 6.45) is 0. The third kappa shape index (κ3) is 4.08. The molecule has 2 aromatic carbocycles. The van der Waals surface area contributed by atoms with Crippen molar-refractivity contribution in [3.63, 3.8) is 0 Å². The fourth-order valence-electron chi connectivity index (χ4n) is 2.91. The number of nitrogens with one attached hydrogen (secondary N) is 4. The van der Waals surface area contributed by atoms with Gasteiger partial charge in [-0.1, -0.05) is 32.0 Å².